The van der Waals surface area contributed by atoms with Crippen molar-refractivity contribution in [3.63, 3.8) is 0 Å². The Bertz CT molecular complexity index is 213. The minimum absolute atomic E-state index is 0.0682. The van der Waals surface area contributed by atoms with Gasteiger partial charge in [0, 0.05) is 20.3 Å². The smallest absolute Gasteiger partial charge is 0.185 e. The second-order valence-corrected chi connectivity index (χ2v) is 4.65. The molecular formula is C12H25NO4. The van der Waals surface area contributed by atoms with Gasteiger partial charge in [-0.25, -0.2) is 0 Å². The summed E-state index contributed by atoms with van der Waals surface area (Å²) in [5.74, 6) is 0. The van der Waals surface area contributed by atoms with Gasteiger partial charge in [0.25, 0.3) is 0 Å². The van der Waals surface area contributed by atoms with Crippen LogP contribution >= 0.6 is 0 Å². The van der Waals surface area contributed by atoms with Crippen molar-refractivity contribution in [1.29, 1.82) is 0 Å². The molecule has 0 saturated carbocycles. The van der Waals surface area contributed by atoms with E-state index in [1.165, 1.54) is 0 Å². The van der Waals surface area contributed by atoms with Gasteiger partial charge in [-0.05, 0) is 27.4 Å². The summed E-state index contributed by atoms with van der Waals surface area (Å²) in [5, 5.41) is 0. The summed E-state index contributed by atoms with van der Waals surface area (Å²) in [6, 6.07) is 0.306. The Morgan fingerprint density at radius 1 is 1.24 bits per heavy atom. The number of hydrogen-bond donors (Lipinski definition) is 0. The minimum atomic E-state index is -0.303. The van der Waals surface area contributed by atoms with Crippen LogP contribution in [0.3, 0.4) is 0 Å². The van der Waals surface area contributed by atoms with Gasteiger partial charge in [0.05, 0.1) is 19.3 Å². The molecule has 1 aliphatic heterocycles. The van der Waals surface area contributed by atoms with Crippen molar-refractivity contribution in [3.8, 4) is 0 Å². The fourth-order valence-electron chi connectivity index (χ4n) is 2.17. The zero-order chi connectivity index (χ0) is 12.8. The van der Waals surface area contributed by atoms with Crippen molar-refractivity contribution in [2.45, 2.75) is 37.9 Å². The molecule has 0 N–H and O–H groups in total. The molecule has 1 fully saturated rings. The number of rotatable bonds is 6. The molecule has 0 aromatic rings. The molecule has 17 heavy (non-hydrogen) atoms. The van der Waals surface area contributed by atoms with Crippen molar-refractivity contribution in [3.05, 3.63) is 0 Å². The van der Waals surface area contributed by atoms with Crippen LogP contribution in [0, 0.1) is 0 Å². The summed E-state index contributed by atoms with van der Waals surface area (Å²) in [5.41, 5.74) is 0. The highest BCUT2D eigenvalue weighted by Gasteiger charge is 2.39. The van der Waals surface area contributed by atoms with Crippen LogP contribution < -0.4 is 0 Å². The van der Waals surface area contributed by atoms with E-state index in [0.29, 0.717) is 19.3 Å². The van der Waals surface area contributed by atoms with Crippen LogP contribution in [-0.2, 0) is 18.9 Å². The maximum Gasteiger partial charge on any atom is 0.185 e. The fourth-order valence-corrected chi connectivity index (χ4v) is 2.17. The molecule has 1 saturated heterocycles. The molecule has 4 unspecified atom stereocenters. The van der Waals surface area contributed by atoms with Crippen molar-refractivity contribution >= 4 is 0 Å². The predicted octanol–water partition coefficient (Wildman–Crippen LogP) is 0.730. The Morgan fingerprint density at radius 2 is 1.94 bits per heavy atom. The van der Waals surface area contributed by atoms with Gasteiger partial charge in [-0.15, -0.1) is 0 Å². The standard InChI is InChI=1S/C12H25NO4/c1-9-8-10(13(2)3)11(12(15-5)17-9)16-7-6-14-4/h9-12H,6-8H2,1-5H3. The van der Waals surface area contributed by atoms with Crippen LogP contribution in [0.25, 0.3) is 0 Å². The molecule has 0 aromatic heterocycles. The lowest BCUT2D eigenvalue weighted by Crippen LogP contribution is -2.55. The van der Waals surface area contributed by atoms with Crippen molar-refractivity contribution < 1.29 is 18.9 Å². The molecule has 4 atom stereocenters. The Balaban J connectivity index is 2.62. The van der Waals surface area contributed by atoms with Gasteiger partial charge in [-0.2, -0.15) is 0 Å². The third-order valence-corrected chi connectivity index (χ3v) is 3.08. The molecule has 1 rings (SSSR count). The van der Waals surface area contributed by atoms with Crippen LogP contribution in [0.15, 0.2) is 0 Å². The number of hydrogen-bond acceptors (Lipinski definition) is 5. The molecule has 5 heteroatoms. The Kier molecular flexibility index (Phi) is 6.37. The monoisotopic (exact) mass is 247 g/mol. The van der Waals surface area contributed by atoms with E-state index >= 15 is 0 Å². The molecule has 0 aromatic carbocycles. The third-order valence-electron chi connectivity index (χ3n) is 3.08. The van der Waals surface area contributed by atoms with Crippen molar-refractivity contribution in [1.82, 2.24) is 4.90 Å². The number of likely N-dealkylation sites (N-methyl/N-ethyl adjacent to an activating group) is 1. The van der Waals surface area contributed by atoms with Gasteiger partial charge in [0.15, 0.2) is 6.29 Å². The topological polar surface area (TPSA) is 40.2 Å². The van der Waals surface area contributed by atoms with Crippen LogP contribution in [0.2, 0.25) is 0 Å². The zero-order valence-corrected chi connectivity index (χ0v) is 11.5. The average molecular weight is 247 g/mol. The van der Waals surface area contributed by atoms with Gasteiger partial charge in [-0.3, -0.25) is 0 Å². The molecule has 1 heterocycles. The molecule has 5 nitrogen and oxygen atoms in total. The molecule has 0 spiro atoms. The fraction of sp³-hybridized carbons (Fsp3) is 1.00. The van der Waals surface area contributed by atoms with Gasteiger partial charge < -0.3 is 23.8 Å². The van der Waals surface area contributed by atoms with Gasteiger partial charge in [0.1, 0.15) is 6.10 Å². The quantitative estimate of drug-likeness (QED) is 0.647. The second-order valence-electron chi connectivity index (χ2n) is 4.65. The van der Waals surface area contributed by atoms with Crippen LogP contribution in [0.1, 0.15) is 13.3 Å². The normalized spacial score (nSPS) is 34.2. The lowest BCUT2D eigenvalue weighted by Gasteiger charge is -2.42. The summed E-state index contributed by atoms with van der Waals surface area (Å²) in [6.07, 6.45) is 0.767. The van der Waals surface area contributed by atoms with Crippen LogP contribution in [0.5, 0.6) is 0 Å². The molecule has 0 radical (unpaired) electrons. The molecule has 1 aliphatic rings. The van der Waals surface area contributed by atoms with Crippen molar-refractivity contribution in [2.75, 3.05) is 41.5 Å². The van der Waals surface area contributed by atoms with Crippen LogP contribution in [0.4, 0.5) is 0 Å². The lowest BCUT2D eigenvalue weighted by molar-refractivity contribution is -0.256. The van der Waals surface area contributed by atoms with Gasteiger partial charge >= 0.3 is 0 Å². The molecule has 0 aliphatic carbocycles. The predicted molar refractivity (Wildman–Crippen MR) is 65.1 cm³/mol. The van der Waals surface area contributed by atoms with Gasteiger partial charge in [-0.1, -0.05) is 0 Å². The number of ether oxygens (including phenoxy) is 4. The maximum atomic E-state index is 5.83. The van der Waals surface area contributed by atoms with E-state index in [2.05, 4.69) is 25.9 Å². The maximum absolute atomic E-state index is 5.83. The summed E-state index contributed by atoms with van der Waals surface area (Å²) in [4.78, 5) is 2.17. The highest BCUT2D eigenvalue weighted by atomic mass is 16.7. The summed E-state index contributed by atoms with van der Waals surface area (Å²) < 4.78 is 21.9. The number of nitrogens with zero attached hydrogens (tertiary/aromatic N) is 1. The SMILES string of the molecule is COCCOC1C(OC)OC(C)CC1N(C)C. The highest BCUT2D eigenvalue weighted by molar-refractivity contribution is 4.86. The van der Waals surface area contributed by atoms with E-state index in [1.807, 2.05) is 0 Å². The summed E-state index contributed by atoms with van der Waals surface area (Å²) >= 11 is 0. The molecule has 0 amide bonds. The van der Waals surface area contributed by atoms with E-state index in [0.717, 1.165) is 6.42 Å². The van der Waals surface area contributed by atoms with E-state index in [-0.39, 0.29) is 18.5 Å². The molecule has 102 valence electrons. The minimum Gasteiger partial charge on any atom is -0.382 e. The Labute approximate surface area is 104 Å². The van der Waals surface area contributed by atoms with E-state index in [1.54, 1.807) is 14.2 Å². The first kappa shape index (κ1) is 14.9. The van der Waals surface area contributed by atoms with Crippen LogP contribution in [-0.4, -0.2) is 71.0 Å². The summed E-state index contributed by atoms with van der Waals surface area (Å²) in [7, 11) is 7.44. The van der Waals surface area contributed by atoms with E-state index in [4.69, 9.17) is 18.9 Å². The largest absolute Gasteiger partial charge is 0.382 e. The second kappa shape index (κ2) is 7.28. The first-order chi connectivity index (χ1) is 8.10. The first-order valence-electron chi connectivity index (χ1n) is 6.05. The first-order valence-corrected chi connectivity index (χ1v) is 6.05. The number of methoxy groups -OCH3 is 2. The average Bonchev–Trinajstić information content (AvgIpc) is 2.30. The molecular weight excluding hydrogens is 222 g/mol. The highest BCUT2D eigenvalue weighted by Crippen LogP contribution is 2.25. The lowest BCUT2D eigenvalue weighted by atomic mass is 9.99. The van der Waals surface area contributed by atoms with Gasteiger partial charge in [0.2, 0.25) is 0 Å². The van der Waals surface area contributed by atoms with E-state index in [9.17, 15) is 0 Å². The summed E-state index contributed by atoms with van der Waals surface area (Å²) in [6.45, 7) is 3.21. The zero-order valence-electron chi connectivity index (χ0n) is 11.5. The molecule has 0 bridgehead atoms. The Morgan fingerprint density at radius 3 is 2.47 bits per heavy atom. The third kappa shape index (κ3) is 4.19. The Hall–Kier alpha value is -0.200. The van der Waals surface area contributed by atoms with E-state index < -0.39 is 0 Å². The van der Waals surface area contributed by atoms with Crippen molar-refractivity contribution in [2.24, 2.45) is 0 Å².